The van der Waals surface area contributed by atoms with Gasteiger partial charge in [0.25, 0.3) is 0 Å². The second-order valence-electron chi connectivity index (χ2n) is 11.7. The van der Waals surface area contributed by atoms with Gasteiger partial charge in [-0.1, -0.05) is 24.3 Å². The van der Waals surface area contributed by atoms with Gasteiger partial charge in [-0.2, -0.15) is 0 Å². The Morgan fingerprint density at radius 3 is 2.21 bits per heavy atom. The van der Waals surface area contributed by atoms with Gasteiger partial charge < -0.3 is 43.4 Å². The maximum atomic E-state index is 11.4. The van der Waals surface area contributed by atoms with Crippen LogP contribution in [0.2, 0.25) is 0 Å². The van der Waals surface area contributed by atoms with Gasteiger partial charge in [0.15, 0.2) is 12.6 Å². The maximum absolute atomic E-state index is 11.4. The van der Waals surface area contributed by atoms with E-state index < -0.39 is 6.29 Å². The summed E-state index contributed by atoms with van der Waals surface area (Å²) in [6.07, 6.45) is 1.74. The Labute approximate surface area is 245 Å². The standard InChI is InChI=1S/C16H18O5.C16H22O5/c1-18-10-4-2-9(3-5-10)16-19-8-12-11-6-15(17)20-13(11)7-14(12)21-16;1-19-11-4-2-10(3-5-11)9-20-14-7-15-12(13(14)8-17)6-16(18)21-15/h2-5,11-14,16H,6-8H2,1H3;2-5,12-18H,6-9H2,1H3/t11-,12-,13+,14-,16?;12-,13-,14-,15+,16?/m11/s1. The molecule has 2 aromatic rings. The molecule has 2 N–H and O–H groups in total. The zero-order valence-corrected chi connectivity index (χ0v) is 24.0. The highest BCUT2D eigenvalue weighted by molar-refractivity contribution is 5.72. The summed E-state index contributed by atoms with van der Waals surface area (Å²) in [5.41, 5.74) is 2.06. The highest BCUT2D eigenvalue weighted by atomic mass is 16.7. The number of hydrogen-bond donors (Lipinski definition) is 2. The van der Waals surface area contributed by atoms with E-state index in [1.165, 1.54) is 0 Å². The lowest BCUT2D eigenvalue weighted by Gasteiger charge is -2.34. The highest BCUT2D eigenvalue weighted by Gasteiger charge is 2.53. The van der Waals surface area contributed by atoms with Crippen molar-refractivity contribution in [3.8, 4) is 11.5 Å². The fraction of sp³-hybridized carbons (Fsp3) is 0.594. The van der Waals surface area contributed by atoms with Gasteiger partial charge in [0.1, 0.15) is 17.6 Å². The van der Waals surface area contributed by atoms with Crippen LogP contribution in [-0.2, 0) is 35.1 Å². The molecular formula is C32H40O10. The molecule has 0 amide bonds. The quantitative estimate of drug-likeness (QED) is 0.469. The van der Waals surface area contributed by atoms with Crippen LogP contribution in [0.5, 0.6) is 11.5 Å². The van der Waals surface area contributed by atoms with Crippen molar-refractivity contribution in [3.63, 3.8) is 0 Å². The Balaban J connectivity index is 0.000000150. The topological polar surface area (TPSA) is 122 Å². The van der Waals surface area contributed by atoms with Crippen LogP contribution >= 0.6 is 0 Å². The molecule has 0 bridgehead atoms. The third kappa shape index (κ3) is 6.15. The van der Waals surface area contributed by atoms with Crippen LogP contribution in [0, 0.1) is 23.7 Å². The Morgan fingerprint density at radius 2 is 1.52 bits per heavy atom. The number of aliphatic hydroxyl groups is 2. The summed E-state index contributed by atoms with van der Waals surface area (Å²) in [6, 6.07) is 15.5. The normalized spacial score (nSPS) is 36.3. The zero-order chi connectivity index (χ0) is 29.2. The SMILES string of the molecule is COc1ccc(C2OC[C@@H]3[C@H]4CC(=O)O[C@H]4C[C@H]3O2)cc1.COc1ccc(CO[C@@H]2C[C@@H]3OC(O)C[C@@H]3[C@H]2CO)cc1. The molecule has 5 aliphatic rings. The van der Waals surface area contributed by atoms with Crippen LogP contribution in [0.15, 0.2) is 48.5 Å². The van der Waals surface area contributed by atoms with Gasteiger partial charge in [0.05, 0.1) is 52.2 Å². The molecule has 2 aliphatic carbocycles. The monoisotopic (exact) mass is 584 g/mol. The van der Waals surface area contributed by atoms with E-state index in [-0.39, 0.29) is 67.0 Å². The van der Waals surface area contributed by atoms with Gasteiger partial charge in [0.2, 0.25) is 0 Å². The van der Waals surface area contributed by atoms with Crippen LogP contribution in [0.4, 0.5) is 0 Å². The van der Waals surface area contributed by atoms with Crippen molar-refractivity contribution in [1.82, 2.24) is 0 Å². The van der Waals surface area contributed by atoms with E-state index in [9.17, 15) is 15.0 Å². The number of carbonyl (C=O) groups is 1. The second kappa shape index (κ2) is 12.9. The van der Waals surface area contributed by atoms with Crippen molar-refractivity contribution in [2.24, 2.45) is 23.7 Å². The van der Waals surface area contributed by atoms with Crippen LogP contribution in [0.3, 0.4) is 0 Å². The van der Waals surface area contributed by atoms with Crippen molar-refractivity contribution < 1.29 is 48.2 Å². The summed E-state index contributed by atoms with van der Waals surface area (Å²) in [5, 5.41) is 19.1. The Kier molecular flexibility index (Phi) is 8.99. The minimum Gasteiger partial charge on any atom is -0.497 e. The van der Waals surface area contributed by atoms with Crippen molar-refractivity contribution in [2.45, 2.75) is 69.3 Å². The maximum Gasteiger partial charge on any atom is 0.306 e. The molecule has 0 aromatic heterocycles. The average Bonchev–Trinajstić information content (AvgIpc) is 3.74. The van der Waals surface area contributed by atoms with E-state index in [0.29, 0.717) is 26.1 Å². The van der Waals surface area contributed by atoms with E-state index in [2.05, 4.69) is 0 Å². The van der Waals surface area contributed by atoms with Crippen molar-refractivity contribution in [3.05, 3.63) is 59.7 Å². The number of hydrogen-bond acceptors (Lipinski definition) is 10. The third-order valence-corrected chi connectivity index (χ3v) is 9.39. The van der Waals surface area contributed by atoms with Gasteiger partial charge in [-0.25, -0.2) is 0 Å². The molecule has 3 heterocycles. The van der Waals surface area contributed by atoms with E-state index in [4.69, 9.17) is 33.2 Å². The number of rotatable bonds is 7. The summed E-state index contributed by atoms with van der Waals surface area (Å²) >= 11 is 0. The first-order chi connectivity index (χ1) is 20.4. The lowest BCUT2D eigenvalue weighted by molar-refractivity contribution is -0.238. The molecule has 2 aromatic carbocycles. The smallest absolute Gasteiger partial charge is 0.306 e. The Bertz CT molecular complexity index is 1190. The zero-order valence-electron chi connectivity index (χ0n) is 24.0. The summed E-state index contributed by atoms with van der Waals surface area (Å²) in [4.78, 5) is 11.4. The number of carbonyl (C=O) groups excluding carboxylic acids is 1. The lowest BCUT2D eigenvalue weighted by Crippen LogP contribution is -2.35. The van der Waals surface area contributed by atoms with Gasteiger partial charge in [-0.3, -0.25) is 4.79 Å². The highest BCUT2D eigenvalue weighted by Crippen LogP contribution is 2.47. The molecule has 10 heteroatoms. The number of ether oxygens (including phenoxy) is 7. The molecule has 2 unspecified atom stereocenters. The fourth-order valence-corrected chi connectivity index (χ4v) is 7.15. The van der Waals surface area contributed by atoms with E-state index >= 15 is 0 Å². The first-order valence-electron chi connectivity index (χ1n) is 14.7. The number of benzene rings is 2. The minimum absolute atomic E-state index is 0.0121. The second-order valence-corrected chi connectivity index (χ2v) is 11.7. The van der Waals surface area contributed by atoms with Gasteiger partial charge in [-0.05, 0) is 35.7 Å². The molecule has 228 valence electrons. The predicted molar refractivity (Wildman–Crippen MR) is 148 cm³/mol. The van der Waals surface area contributed by atoms with E-state index in [1.807, 2.05) is 48.5 Å². The Hall–Kier alpha value is -2.73. The predicted octanol–water partition coefficient (Wildman–Crippen LogP) is 3.38. The van der Waals surface area contributed by atoms with E-state index in [0.717, 1.165) is 35.5 Å². The minimum atomic E-state index is -0.684. The number of aliphatic hydroxyl groups excluding tert-OH is 2. The molecule has 7 rings (SSSR count). The number of methoxy groups -OCH3 is 2. The molecule has 42 heavy (non-hydrogen) atoms. The fourth-order valence-electron chi connectivity index (χ4n) is 7.15. The van der Waals surface area contributed by atoms with E-state index in [1.54, 1.807) is 14.2 Å². The first kappa shape index (κ1) is 29.3. The first-order valence-corrected chi connectivity index (χ1v) is 14.7. The van der Waals surface area contributed by atoms with Gasteiger partial charge >= 0.3 is 5.97 Å². The molecule has 0 radical (unpaired) electrons. The largest absolute Gasteiger partial charge is 0.497 e. The summed E-state index contributed by atoms with van der Waals surface area (Å²) in [7, 11) is 3.29. The van der Waals surface area contributed by atoms with Crippen molar-refractivity contribution in [2.75, 3.05) is 27.4 Å². The van der Waals surface area contributed by atoms with Crippen molar-refractivity contribution in [1.29, 1.82) is 0 Å². The van der Waals surface area contributed by atoms with Gasteiger partial charge in [0, 0.05) is 49.2 Å². The lowest BCUT2D eigenvalue weighted by atomic mass is 9.92. The average molecular weight is 585 g/mol. The third-order valence-electron chi connectivity index (χ3n) is 9.39. The number of fused-ring (bicyclic) bond motifs is 4. The van der Waals surface area contributed by atoms with Crippen molar-refractivity contribution >= 4 is 5.97 Å². The molecular weight excluding hydrogens is 544 g/mol. The molecule has 0 spiro atoms. The molecule has 3 aliphatic heterocycles. The molecule has 10 nitrogen and oxygen atoms in total. The Morgan fingerprint density at radius 1 is 0.833 bits per heavy atom. The van der Waals surface area contributed by atoms with Crippen LogP contribution in [0.1, 0.15) is 43.1 Å². The van der Waals surface area contributed by atoms with Crippen LogP contribution in [0.25, 0.3) is 0 Å². The number of esters is 1. The molecule has 2 saturated carbocycles. The summed E-state index contributed by atoms with van der Waals surface area (Å²) in [6.45, 7) is 1.21. The van der Waals surface area contributed by atoms with Crippen LogP contribution < -0.4 is 9.47 Å². The molecule has 5 fully saturated rings. The molecule has 10 atom stereocenters. The summed E-state index contributed by atoms with van der Waals surface area (Å²) in [5.74, 6) is 2.34. The van der Waals surface area contributed by atoms with Gasteiger partial charge in [-0.15, -0.1) is 0 Å². The molecule has 3 saturated heterocycles. The summed E-state index contributed by atoms with van der Waals surface area (Å²) < 4.78 is 39.0. The van der Waals surface area contributed by atoms with Crippen LogP contribution in [-0.4, -0.2) is 74.3 Å².